The number of rotatable bonds is 10. The number of benzene rings is 3. The van der Waals surface area contributed by atoms with E-state index in [2.05, 4.69) is 9.97 Å². The van der Waals surface area contributed by atoms with E-state index in [4.69, 9.17) is 14.5 Å². The van der Waals surface area contributed by atoms with E-state index >= 15 is 0 Å². The van der Waals surface area contributed by atoms with Crippen molar-refractivity contribution in [1.29, 1.82) is 0 Å². The second-order valence-corrected chi connectivity index (χ2v) is 12.4. The minimum absolute atomic E-state index is 0.129. The largest absolute Gasteiger partial charge is 0.496 e. The molecule has 0 unspecified atom stereocenters. The van der Waals surface area contributed by atoms with E-state index in [0.29, 0.717) is 50.3 Å². The minimum atomic E-state index is -0.910. The fraction of sp³-hybridized carbons (Fsp3) is 0.206. The average molecular weight is 668 g/mol. The van der Waals surface area contributed by atoms with Crippen molar-refractivity contribution >= 4 is 51.6 Å². The van der Waals surface area contributed by atoms with Crippen LogP contribution in [0.15, 0.2) is 104 Å². The lowest BCUT2D eigenvalue weighted by Gasteiger charge is -2.28. The first-order chi connectivity index (χ1) is 22.8. The number of hydrogen-bond acceptors (Lipinski definition) is 11. The topological polar surface area (TPSA) is 139 Å². The summed E-state index contributed by atoms with van der Waals surface area (Å²) in [6.07, 6.45) is 6.01. The monoisotopic (exact) mass is 667 g/mol. The summed E-state index contributed by atoms with van der Waals surface area (Å²) in [6.45, 7) is 3.87. The summed E-state index contributed by atoms with van der Waals surface area (Å²) in [4.78, 5) is 53.9. The van der Waals surface area contributed by atoms with Crippen LogP contribution in [-0.2, 0) is 9.53 Å². The Hall–Kier alpha value is -5.14. The molecule has 0 saturated heterocycles. The first-order valence-electron chi connectivity index (χ1n) is 14.9. The van der Waals surface area contributed by atoms with Crippen molar-refractivity contribution in [1.82, 2.24) is 14.5 Å². The molecule has 0 bridgehead atoms. The molecule has 3 heterocycles. The van der Waals surface area contributed by atoms with Gasteiger partial charge in [0.15, 0.2) is 9.96 Å². The molecule has 1 aliphatic heterocycles. The third kappa shape index (κ3) is 6.19. The molecule has 6 rings (SSSR count). The lowest BCUT2D eigenvalue weighted by Crippen LogP contribution is -2.40. The standard InChI is InChI=1S/C34H29N5O6S2/c1-4-9-24-29(32(41)45-5-2)30(28-23-11-7-6-10-20(23)12-14-25(28)44-3)38-31(40)27(47-34(38)37-24)19-21-18-22(39(42)43)13-15-26(21)46-33-35-16-8-17-36-33/h6-8,10-19,30H,4-5,9H2,1-3H3/b27-19+/t30-/m0/s1. The SMILES string of the molecule is CCCC1=C(C(=O)OCC)[C@H](c2c(OC)ccc3ccccc23)n2c(s/c(=C/c3cc([N+](=O)[O-])ccc3Sc3ncccn3)c2=O)=N1. The number of methoxy groups -OCH3 is 1. The maximum absolute atomic E-state index is 14.5. The minimum Gasteiger partial charge on any atom is -0.496 e. The highest BCUT2D eigenvalue weighted by molar-refractivity contribution is 7.99. The first kappa shape index (κ1) is 31.8. The van der Waals surface area contributed by atoms with Crippen LogP contribution in [0.4, 0.5) is 5.69 Å². The molecule has 11 nitrogen and oxygen atoms in total. The summed E-state index contributed by atoms with van der Waals surface area (Å²) in [6, 6.07) is 16.7. The lowest BCUT2D eigenvalue weighted by molar-refractivity contribution is -0.384. The van der Waals surface area contributed by atoms with Gasteiger partial charge in [-0.3, -0.25) is 19.5 Å². The van der Waals surface area contributed by atoms with Crippen molar-refractivity contribution in [2.45, 2.75) is 42.8 Å². The average Bonchev–Trinajstić information content (AvgIpc) is 3.38. The van der Waals surface area contributed by atoms with Crippen molar-refractivity contribution in [3.63, 3.8) is 0 Å². The van der Waals surface area contributed by atoms with E-state index < -0.39 is 22.5 Å². The molecular formula is C34H29N5O6S2. The molecule has 1 aliphatic rings. The van der Waals surface area contributed by atoms with Gasteiger partial charge in [0.1, 0.15) is 11.8 Å². The molecule has 5 aromatic rings. The zero-order valence-electron chi connectivity index (χ0n) is 25.7. The third-order valence-corrected chi connectivity index (χ3v) is 9.52. The fourth-order valence-electron chi connectivity index (χ4n) is 5.56. The Morgan fingerprint density at radius 3 is 2.62 bits per heavy atom. The molecule has 47 heavy (non-hydrogen) atoms. The Balaban J connectivity index is 1.65. The van der Waals surface area contributed by atoms with Crippen LogP contribution in [0, 0.1) is 10.1 Å². The zero-order chi connectivity index (χ0) is 33.1. The summed E-state index contributed by atoms with van der Waals surface area (Å²) in [7, 11) is 1.55. The van der Waals surface area contributed by atoms with Gasteiger partial charge in [-0.15, -0.1) is 0 Å². The second-order valence-electron chi connectivity index (χ2n) is 10.4. The molecule has 0 radical (unpaired) electrons. The van der Waals surface area contributed by atoms with E-state index in [-0.39, 0.29) is 22.4 Å². The number of ether oxygens (including phenoxy) is 2. The van der Waals surface area contributed by atoms with Gasteiger partial charge in [-0.05, 0) is 65.7 Å². The van der Waals surface area contributed by atoms with E-state index in [1.165, 1.54) is 28.5 Å². The third-order valence-electron chi connectivity index (χ3n) is 7.55. The number of nitrogens with zero attached hydrogens (tertiary/aromatic N) is 5. The number of carbonyl (C=O) groups is 1. The summed E-state index contributed by atoms with van der Waals surface area (Å²) in [5, 5.41) is 13.9. The predicted octanol–water partition coefficient (Wildman–Crippen LogP) is 5.59. The van der Waals surface area contributed by atoms with Crippen molar-refractivity contribution in [3.8, 4) is 5.75 Å². The Morgan fingerprint density at radius 2 is 1.89 bits per heavy atom. The van der Waals surface area contributed by atoms with Crippen LogP contribution in [-0.4, -0.2) is 39.1 Å². The number of hydrogen-bond donors (Lipinski definition) is 0. The molecule has 0 spiro atoms. The van der Waals surface area contributed by atoms with E-state index in [1.54, 1.807) is 44.6 Å². The number of allylic oxidation sites excluding steroid dienone is 1. The summed E-state index contributed by atoms with van der Waals surface area (Å²) < 4.78 is 13.2. The number of non-ortho nitro benzene ring substituents is 1. The molecule has 0 N–H and O–H groups in total. The number of thiazole rings is 1. The smallest absolute Gasteiger partial charge is 0.338 e. The number of fused-ring (bicyclic) bond motifs is 2. The summed E-state index contributed by atoms with van der Waals surface area (Å²) in [5.41, 5.74) is 1.35. The van der Waals surface area contributed by atoms with Crippen LogP contribution in [0.3, 0.4) is 0 Å². The highest BCUT2D eigenvalue weighted by Gasteiger charge is 2.37. The molecule has 0 fully saturated rings. The van der Waals surface area contributed by atoms with Gasteiger partial charge in [-0.2, -0.15) is 0 Å². The fourth-order valence-corrected chi connectivity index (χ4v) is 7.37. The van der Waals surface area contributed by atoms with Gasteiger partial charge in [0.05, 0.1) is 34.4 Å². The van der Waals surface area contributed by atoms with Crippen molar-refractivity contribution in [3.05, 3.63) is 125 Å². The predicted molar refractivity (Wildman–Crippen MR) is 179 cm³/mol. The van der Waals surface area contributed by atoms with Crippen LogP contribution < -0.4 is 19.6 Å². The van der Waals surface area contributed by atoms with Crippen LogP contribution in [0.5, 0.6) is 5.75 Å². The number of carbonyl (C=O) groups excluding carboxylic acids is 1. The molecule has 0 amide bonds. The van der Waals surface area contributed by atoms with Crippen molar-refractivity contribution in [2.75, 3.05) is 13.7 Å². The van der Waals surface area contributed by atoms with Gasteiger partial charge < -0.3 is 9.47 Å². The molecule has 1 atom stereocenters. The molecule has 2 aromatic heterocycles. The van der Waals surface area contributed by atoms with Gasteiger partial charge in [0.25, 0.3) is 11.2 Å². The summed E-state index contributed by atoms with van der Waals surface area (Å²) in [5.74, 6) is -0.0581. The molecule has 0 aliphatic carbocycles. The van der Waals surface area contributed by atoms with Crippen LogP contribution in [0.2, 0.25) is 0 Å². The Kier molecular flexibility index (Phi) is 9.27. The Bertz CT molecular complexity index is 2230. The molecule has 0 saturated carbocycles. The van der Waals surface area contributed by atoms with Crippen LogP contribution in [0.1, 0.15) is 43.9 Å². The van der Waals surface area contributed by atoms with Gasteiger partial charge >= 0.3 is 5.97 Å². The van der Waals surface area contributed by atoms with E-state index in [1.807, 2.05) is 43.3 Å². The summed E-state index contributed by atoms with van der Waals surface area (Å²) >= 11 is 2.38. The highest BCUT2D eigenvalue weighted by atomic mass is 32.2. The molecule has 13 heteroatoms. The van der Waals surface area contributed by atoms with Crippen molar-refractivity contribution in [2.24, 2.45) is 4.99 Å². The molecule has 3 aromatic carbocycles. The maximum atomic E-state index is 14.5. The number of nitro benzene ring substituents is 1. The van der Waals surface area contributed by atoms with Crippen LogP contribution >= 0.6 is 23.1 Å². The number of nitro groups is 1. The maximum Gasteiger partial charge on any atom is 0.338 e. The van der Waals surface area contributed by atoms with E-state index in [9.17, 15) is 19.7 Å². The van der Waals surface area contributed by atoms with E-state index in [0.717, 1.165) is 22.1 Å². The lowest BCUT2D eigenvalue weighted by atomic mass is 9.90. The van der Waals surface area contributed by atoms with Gasteiger partial charge in [0.2, 0.25) is 0 Å². The Labute approximate surface area is 277 Å². The Morgan fingerprint density at radius 1 is 1.11 bits per heavy atom. The van der Waals surface area contributed by atoms with Crippen molar-refractivity contribution < 1.29 is 19.2 Å². The quantitative estimate of drug-likeness (QED) is 0.0807. The van der Waals surface area contributed by atoms with Gasteiger partial charge in [-0.1, -0.05) is 55.0 Å². The highest BCUT2D eigenvalue weighted by Crippen LogP contribution is 2.41. The number of aromatic nitrogens is 3. The number of esters is 1. The molecule has 238 valence electrons. The first-order valence-corrected chi connectivity index (χ1v) is 16.5. The zero-order valence-corrected chi connectivity index (χ0v) is 27.3. The normalized spacial score (nSPS) is 14.5. The van der Waals surface area contributed by atoms with Crippen LogP contribution in [0.25, 0.3) is 16.8 Å². The van der Waals surface area contributed by atoms with Gasteiger partial charge in [-0.25, -0.2) is 19.8 Å². The second kappa shape index (κ2) is 13.7. The van der Waals surface area contributed by atoms with Gasteiger partial charge in [0, 0.05) is 35.0 Å². The molecular weight excluding hydrogens is 639 g/mol.